The summed E-state index contributed by atoms with van der Waals surface area (Å²) < 4.78 is 25.5. The van der Waals surface area contributed by atoms with E-state index in [-0.39, 0.29) is 18.3 Å². The molecular formula is C39H34O4S. The van der Waals surface area contributed by atoms with Gasteiger partial charge in [-0.1, -0.05) is 152 Å². The van der Waals surface area contributed by atoms with Crippen LogP contribution in [-0.2, 0) is 30.3 Å². The lowest BCUT2D eigenvalue weighted by Gasteiger charge is -2.45. The van der Waals surface area contributed by atoms with Crippen molar-refractivity contribution in [3.8, 4) is 0 Å². The minimum atomic E-state index is -0.579. The first-order valence-corrected chi connectivity index (χ1v) is 15.8. The van der Waals surface area contributed by atoms with Crippen molar-refractivity contribution < 1.29 is 18.9 Å². The second kappa shape index (κ2) is 13.2. The Morgan fingerprint density at radius 1 is 0.636 bits per heavy atom. The number of fused-ring (bicyclic) bond motifs is 1. The molecule has 0 unspecified atom stereocenters. The van der Waals surface area contributed by atoms with E-state index in [1.54, 1.807) is 11.8 Å². The summed E-state index contributed by atoms with van der Waals surface area (Å²) >= 11 is 1.76. The molecule has 4 nitrogen and oxygen atoms in total. The van der Waals surface area contributed by atoms with Crippen LogP contribution in [0.1, 0.15) is 34.1 Å². The molecule has 220 valence electrons. The molecule has 0 aliphatic carbocycles. The quantitative estimate of drug-likeness (QED) is 0.159. The lowest BCUT2D eigenvalue weighted by atomic mass is 9.84. The zero-order valence-electron chi connectivity index (χ0n) is 24.3. The fourth-order valence-corrected chi connectivity index (χ4v) is 7.53. The lowest BCUT2D eigenvalue weighted by Crippen LogP contribution is -2.52. The average Bonchev–Trinajstić information content (AvgIpc) is 3.11. The lowest BCUT2D eigenvalue weighted by molar-refractivity contribution is -0.281. The van der Waals surface area contributed by atoms with Gasteiger partial charge in [0.15, 0.2) is 12.4 Å². The van der Waals surface area contributed by atoms with Crippen molar-refractivity contribution in [2.24, 2.45) is 0 Å². The number of rotatable bonds is 9. The fourth-order valence-electron chi connectivity index (χ4n) is 5.99. The van der Waals surface area contributed by atoms with Gasteiger partial charge in [-0.15, -0.1) is 11.8 Å². The number of hydrogen-bond donors (Lipinski definition) is 0. The fraction of sp³-hybridized carbons (Fsp3) is 0.179. The minimum Gasteiger partial charge on any atom is -0.492 e. The Bertz CT molecular complexity index is 1550. The van der Waals surface area contributed by atoms with Crippen LogP contribution in [0.5, 0.6) is 0 Å². The van der Waals surface area contributed by atoms with E-state index in [4.69, 9.17) is 18.9 Å². The molecule has 0 amide bonds. The van der Waals surface area contributed by atoms with Crippen LogP contribution >= 0.6 is 11.8 Å². The van der Waals surface area contributed by atoms with Crippen LogP contribution in [0, 0.1) is 0 Å². The second-order valence-electron chi connectivity index (χ2n) is 11.0. The predicted octanol–water partition coefficient (Wildman–Crippen LogP) is 8.65. The monoisotopic (exact) mass is 598 g/mol. The van der Waals surface area contributed by atoms with Crippen LogP contribution < -0.4 is 0 Å². The Kier molecular flexibility index (Phi) is 8.62. The van der Waals surface area contributed by atoms with Gasteiger partial charge in [-0.3, -0.25) is 0 Å². The maximum atomic E-state index is 6.84. The molecule has 0 aromatic heterocycles. The van der Waals surface area contributed by atoms with Crippen molar-refractivity contribution in [1.29, 1.82) is 0 Å². The highest BCUT2D eigenvalue weighted by molar-refractivity contribution is 8.04. The van der Waals surface area contributed by atoms with E-state index in [0.717, 1.165) is 16.0 Å². The molecule has 5 aromatic rings. The molecule has 2 aliphatic heterocycles. The summed E-state index contributed by atoms with van der Waals surface area (Å²) in [5.74, 6) is 0. The van der Waals surface area contributed by atoms with E-state index in [2.05, 4.69) is 103 Å². The molecular weight excluding hydrogens is 564 g/mol. The van der Waals surface area contributed by atoms with Crippen molar-refractivity contribution in [3.05, 3.63) is 191 Å². The Balaban J connectivity index is 1.32. The third kappa shape index (κ3) is 5.84. The number of hydrogen-bond acceptors (Lipinski definition) is 5. The molecule has 0 bridgehead atoms. The summed E-state index contributed by atoms with van der Waals surface area (Å²) in [7, 11) is 0. The van der Waals surface area contributed by atoms with E-state index in [9.17, 15) is 0 Å². The van der Waals surface area contributed by atoms with Gasteiger partial charge in [-0.2, -0.15) is 0 Å². The standard InChI is InChI=1S/C39H34O4S/c1-6-16-29(17-7-1)26-41-37-35(28-40-34-27-42-38(43-36(34)37)30-18-8-2-9-19-30)44-39(31-20-10-3-11-21-31,32-22-12-4-13-23-32)33-24-14-5-15-25-33/h1-25,28,34,36-38H,26-27H2/t34-,36-,37-,38-/m1/s1. The first kappa shape index (κ1) is 28.6. The highest BCUT2D eigenvalue weighted by Crippen LogP contribution is 2.54. The second-order valence-corrected chi connectivity index (χ2v) is 12.3. The molecule has 5 aromatic carbocycles. The smallest absolute Gasteiger partial charge is 0.184 e. The van der Waals surface area contributed by atoms with Gasteiger partial charge in [0, 0.05) is 5.56 Å². The Labute approximate surface area is 263 Å². The summed E-state index contributed by atoms with van der Waals surface area (Å²) in [5.41, 5.74) is 5.59. The SMILES string of the molecule is C1=C(SC(c2ccccc2)(c2ccccc2)c2ccccc2)[C@@H](OCc2ccccc2)[C@@H]2O[C@H](c3ccccc3)OC[C@H]2O1. The van der Waals surface area contributed by atoms with Gasteiger partial charge in [-0.25, -0.2) is 0 Å². The van der Waals surface area contributed by atoms with Gasteiger partial charge in [-0.05, 0) is 22.3 Å². The van der Waals surface area contributed by atoms with Crippen LogP contribution in [-0.4, -0.2) is 24.9 Å². The molecule has 7 rings (SSSR count). The van der Waals surface area contributed by atoms with Gasteiger partial charge in [0.05, 0.1) is 29.1 Å². The minimum absolute atomic E-state index is 0.292. The van der Waals surface area contributed by atoms with E-state index in [1.165, 1.54) is 16.7 Å². The summed E-state index contributed by atoms with van der Waals surface area (Å²) in [6, 6.07) is 52.4. The largest absolute Gasteiger partial charge is 0.492 e. The highest BCUT2D eigenvalue weighted by atomic mass is 32.2. The van der Waals surface area contributed by atoms with Crippen LogP contribution in [0.2, 0.25) is 0 Å². The summed E-state index contributed by atoms with van der Waals surface area (Å²) in [5, 5.41) is 0. The maximum absolute atomic E-state index is 6.84. The molecule has 1 saturated heterocycles. The Hall–Kier alpha value is -4.13. The molecule has 44 heavy (non-hydrogen) atoms. The zero-order valence-corrected chi connectivity index (χ0v) is 25.1. The van der Waals surface area contributed by atoms with Gasteiger partial charge in [0.1, 0.15) is 12.2 Å². The normalized spacial score (nSPS) is 21.5. The first-order valence-electron chi connectivity index (χ1n) is 15.0. The Morgan fingerprint density at radius 2 is 1.14 bits per heavy atom. The Morgan fingerprint density at radius 3 is 1.68 bits per heavy atom. The van der Waals surface area contributed by atoms with Crippen LogP contribution in [0.4, 0.5) is 0 Å². The molecule has 0 radical (unpaired) electrons. The van der Waals surface area contributed by atoms with Crippen LogP contribution in [0.3, 0.4) is 0 Å². The molecule has 5 heteroatoms. The van der Waals surface area contributed by atoms with Crippen molar-refractivity contribution in [3.63, 3.8) is 0 Å². The molecule has 0 spiro atoms. The number of thioether (sulfide) groups is 1. The highest BCUT2D eigenvalue weighted by Gasteiger charge is 2.47. The van der Waals surface area contributed by atoms with Gasteiger partial charge in [0.2, 0.25) is 0 Å². The third-order valence-electron chi connectivity index (χ3n) is 8.15. The van der Waals surface area contributed by atoms with Gasteiger partial charge in [0.25, 0.3) is 0 Å². The van der Waals surface area contributed by atoms with E-state index in [0.29, 0.717) is 13.2 Å². The third-order valence-corrected chi connectivity index (χ3v) is 9.73. The van der Waals surface area contributed by atoms with Crippen LogP contribution in [0.25, 0.3) is 0 Å². The molecule has 1 fully saturated rings. The first-order chi connectivity index (χ1) is 21.8. The summed E-state index contributed by atoms with van der Waals surface area (Å²) in [6.45, 7) is 0.854. The number of benzene rings is 5. The predicted molar refractivity (Wildman–Crippen MR) is 175 cm³/mol. The van der Waals surface area contributed by atoms with Crippen molar-refractivity contribution in [2.75, 3.05) is 6.61 Å². The average molecular weight is 599 g/mol. The van der Waals surface area contributed by atoms with Crippen LogP contribution in [0.15, 0.2) is 163 Å². The van der Waals surface area contributed by atoms with E-state index in [1.807, 2.05) is 54.8 Å². The molecule has 0 saturated carbocycles. The van der Waals surface area contributed by atoms with Crippen molar-refractivity contribution in [1.82, 2.24) is 0 Å². The van der Waals surface area contributed by atoms with E-state index < -0.39 is 11.0 Å². The molecule has 4 atom stereocenters. The maximum Gasteiger partial charge on any atom is 0.184 e. The zero-order chi connectivity index (χ0) is 29.6. The molecule has 0 N–H and O–H groups in total. The van der Waals surface area contributed by atoms with E-state index >= 15 is 0 Å². The topological polar surface area (TPSA) is 36.9 Å². The summed E-state index contributed by atoms with van der Waals surface area (Å²) in [4.78, 5) is 0.965. The molecule has 2 heterocycles. The number of ether oxygens (including phenoxy) is 4. The van der Waals surface area contributed by atoms with Gasteiger partial charge >= 0.3 is 0 Å². The molecule has 2 aliphatic rings. The van der Waals surface area contributed by atoms with Crippen molar-refractivity contribution >= 4 is 11.8 Å². The van der Waals surface area contributed by atoms with Gasteiger partial charge < -0.3 is 18.9 Å². The summed E-state index contributed by atoms with van der Waals surface area (Å²) in [6.07, 6.45) is 0.324. The van der Waals surface area contributed by atoms with Crippen molar-refractivity contribution in [2.45, 2.75) is 36.0 Å².